The van der Waals surface area contributed by atoms with Crippen LogP contribution in [0.15, 0.2) is 34.9 Å². The number of aromatic nitrogens is 1. The van der Waals surface area contributed by atoms with Crippen LogP contribution in [-0.4, -0.2) is 35.0 Å². The number of carbonyl (C=O) groups is 2. The molecule has 1 aliphatic heterocycles. The van der Waals surface area contributed by atoms with E-state index in [9.17, 15) is 9.59 Å². The second-order valence-corrected chi connectivity index (χ2v) is 5.67. The van der Waals surface area contributed by atoms with Crippen molar-refractivity contribution in [1.29, 1.82) is 0 Å². The van der Waals surface area contributed by atoms with Gasteiger partial charge in [0.05, 0.1) is 5.92 Å². The highest BCUT2D eigenvalue weighted by Gasteiger charge is 2.37. The summed E-state index contributed by atoms with van der Waals surface area (Å²) in [7, 11) is 0. The SMILES string of the molecule is Cc1cc(C(=O)N2CC(C(=O)Nc3cccc(Cl)c3)C2)no1. The van der Waals surface area contributed by atoms with Gasteiger partial charge in [0.1, 0.15) is 5.76 Å². The largest absolute Gasteiger partial charge is 0.361 e. The molecule has 1 aromatic carbocycles. The Morgan fingerprint density at radius 3 is 2.77 bits per heavy atom. The molecule has 2 heterocycles. The van der Waals surface area contributed by atoms with Crippen LogP contribution in [0.25, 0.3) is 0 Å². The quantitative estimate of drug-likeness (QED) is 0.942. The molecule has 1 aliphatic rings. The minimum atomic E-state index is -0.226. The number of carbonyl (C=O) groups excluding carboxylic acids is 2. The highest BCUT2D eigenvalue weighted by Crippen LogP contribution is 2.21. The first kappa shape index (κ1) is 14.6. The van der Waals surface area contributed by atoms with Crippen LogP contribution in [-0.2, 0) is 4.79 Å². The monoisotopic (exact) mass is 319 g/mol. The standard InChI is InChI=1S/C15H14ClN3O3/c1-9-5-13(18-22-9)15(21)19-7-10(8-19)14(20)17-12-4-2-3-11(16)6-12/h2-6,10H,7-8H2,1H3,(H,17,20). The fourth-order valence-electron chi connectivity index (χ4n) is 2.25. The lowest BCUT2D eigenvalue weighted by molar-refractivity contribution is -0.123. The van der Waals surface area contributed by atoms with E-state index in [4.69, 9.17) is 16.1 Å². The molecule has 7 heteroatoms. The molecule has 0 atom stereocenters. The molecule has 114 valence electrons. The summed E-state index contributed by atoms with van der Waals surface area (Å²) in [5, 5.41) is 7.04. The Morgan fingerprint density at radius 1 is 1.36 bits per heavy atom. The number of hydrogen-bond donors (Lipinski definition) is 1. The summed E-state index contributed by atoms with van der Waals surface area (Å²) >= 11 is 5.87. The first-order valence-corrected chi connectivity index (χ1v) is 7.20. The van der Waals surface area contributed by atoms with Gasteiger partial charge in [-0.15, -0.1) is 0 Å². The molecule has 3 rings (SSSR count). The molecule has 0 aliphatic carbocycles. The van der Waals surface area contributed by atoms with Crippen LogP contribution in [0.3, 0.4) is 0 Å². The molecular formula is C15H14ClN3O3. The zero-order valence-electron chi connectivity index (χ0n) is 11.9. The Labute approximate surface area is 132 Å². The molecule has 22 heavy (non-hydrogen) atoms. The second kappa shape index (κ2) is 5.81. The van der Waals surface area contributed by atoms with Crippen LogP contribution < -0.4 is 5.32 Å². The van der Waals surface area contributed by atoms with Gasteiger partial charge in [-0.1, -0.05) is 22.8 Å². The van der Waals surface area contributed by atoms with E-state index in [1.807, 2.05) is 0 Å². The van der Waals surface area contributed by atoms with Crippen molar-refractivity contribution in [2.75, 3.05) is 18.4 Å². The number of amides is 2. The molecule has 1 fully saturated rings. The van der Waals surface area contributed by atoms with Gasteiger partial charge >= 0.3 is 0 Å². The molecule has 1 saturated heterocycles. The Balaban J connectivity index is 1.54. The number of likely N-dealkylation sites (tertiary alicyclic amines) is 1. The van der Waals surface area contributed by atoms with Crippen LogP contribution >= 0.6 is 11.6 Å². The molecule has 1 aromatic heterocycles. The number of halogens is 1. The number of aryl methyl sites for hydroxylation is 1. The van der Waals surface area contributed by atoms with E-state index in [-0.39, 0.29) is 23.4 Å². The molecular weight excluding hydrogens is 306 g/mol. The van der Waals surface area contributed by atoms with Crippen molar-refractivity contribution in [3.63, 3.8) is 0 Å². The summed E-state index contributed by atoms with van der Waals surface area (Å²) in [4.78, 5) is 25.7. The Morgan fingerprint density at radius 2 is 2.14 bits per heavy atom. The van der Waals surface area contributed by atoms with Crippen molar-refractivity contribution < 1.29 is 14.1 Å². The molecule has 0 spiro atoms. The molecule has 0 bridgehead atoms. The topological polar surface area (TPSA) is 75.4 Å². The van der Waals surface area contributed by atoms with Crippen molar-refractivity contribution in [3.8, 4) is 0 Å². The van der Waals surface area contributed by atoms with E-state index in [2.05, 4.69) is 10.5 Å². The lowest BCUT2D eigenvalue weighted by atomic mass is 9.98. The van der Waals surface area contributed by atoms with E-state index < -0.39 is 0 Å². The maximum Gasteiger partial charge on any atom is 0.276 e. The van der Waals surface area contributed by atoms with Gasteiger partial charge in [-0.05, 0) is 25.1 Å². The maximum absolute atomic E-state index is 12.1. The van der Waals surface area contributed by atoms with Crippen molar-refractivity contribution in [2.24, 2.45) is 5.92 Å². The highest BCUT2D eigenvalue weighted by molar-refractivity contribution is 6.30. The summed E-state index contributed by atoms with van der Waals surface area (Å²) in [6, 6.07) is 8.53. The number of hydrogen-bond acceptors (Lipinski definition) is 4. The lowest BCUT2D eigenvalue weighted by Crippen LogP contribution is -2.54. The zero-order chi connectivity index (χ0) is 15.7. The number of nitrogens with one attached hydrogen (secondary N) is 1. The first-order valence-electron chi connectivity index (χ1n) is 6.82. The summed E-state index contributed by atoms with van der Waals surface area (Å²) in [6.45, 7) is 2.47. The van der Waals surface area contributed by atoms with Crippen molar-refractivity contribution in [2.45, 2.75) is 6.92 Å². The van der Waals surface area contributed by atoms with E-state index in [0.29, 0.717) is 29.6 Å². The average Bonchev–Trinajstić information content (AvgIpc) is 2.83. The number of anilines is 1. The Hall–Kier alpha value is -2.34. The van der Waals surface area contributed by atoms with Gasteiger partial charge in [0.25, 0.3) is 5.91 Å². The second-order valence-electron chi connectivity index (χ2n) is 5.23. The van der Waals surface area contributed by atoms with Crippen molar-refractivity contribution in [1.82, 2.24) is 10.1 Å². The first-order chi connectivity index (χ1) is 10.5. The Bertz CT molecular complexity index is 722. The van der Waals surface area contributed by atoms with Crippen LogP contribution in [0.5, 0.6) is 0 Å². The van der Waals surface area contributed by atoms with Crippen LogP contribution in [0.4, 0.5) is 5.69 Å². The highest BCUT2D eigenvalue weighted by atomic mass is 35.5. The molecule has 0 unspecified atom stereocenters. The van der Waals surface area contributed by atoms with Gasteiger partial charge in [0.2, 0.25) is 5.91 Å². The van der Waals surface area contributed by atoms with Crippen LogP contribution in [0.2, 0.25) is 5.02 Å². The molecule has 0 saturated carbocycles. The minimum Gasteiger partial charge on any atom is -0.361 e. The van der Waals surface area contributed by atoms with Gasteiger partial charge in [0, 0.05) is 29.9 Å². The van der Waals surface area contributed by atoms with Crippen molar-refractivity contribution >= 4 is 29.1 Å². The minimum absolute atomic E-state index is 0.123. The number of rotatable bonds is 3. The zero-order valence-corrected chi connectivity index (χ0v) is 12.6. The number of nitrogens with zero attached hydrogens (tertiary/aromatic N) is 2. The van der Waals surface area contributed by atoms with E-state index in [0.717, 1.165) is 0 Å². The molecule has 0 radical (unpaired) electrons. The fraction of sp³-hybridized carbons (Fsp3) is 0.267. The van der Waals surface area contributed by atoms with Gasteiger partial charge < -0.3 is 14.7 Å². The third-order valence-electron chi connectivity index (χ3n) is 3.48. The summed E-state index contributed by atoms with van der Waals surface area (Å²) in [6.07, 6.45) is 0. The van der Waals surface area contributed by atoms with Gasteiger partial charge in [-0.25, -0.2) is 0 Å². The predicted molar refractivity (Wildman–Crippen MR) is 80.7 cm³/mol. The Kier molecular flexibility index (Phi) is 3.85. The predicted octanol–water partition coefficient (Wildman–Crippen LogP) is 2.35. The smallest absolute Gasteiger partial charge is 0.276 e. The van der Waals surface area contributed by atoms with Gasteiger partial charge in [-0.2, -0.15) is 0 Å². The van der Waals surface area contributed by atoms with Crippen LogP contribution in [0.1, 0.15) is 16.2 Å². The maximum atomic E-state index is 12.1. The number of benzene rings is 1. The third-order valence-corrected chi connectivity index (χ3v) is 3.71. The summed E-state index contributed by atoms with van der Waals surface area (Å²) in [5.41, 5.74) is 0.917. The average molecular weight is 320 g/mol. The van der Waals surface area contributed by atoms with Gasteiger partial charge in [0.15, 0.2) is 5.69 Å². The van der Waals surface area contributed by atoms with E-state index in [1.54, 1.807) is 42.2 Å². The summed E-state index contributed by atoms with van der Waals surface area (Å²) < 4.78 is 4.88. The molecule has 6 nitrogen and oxygen atoms in total. The van der Waals surface area contributed by atoms with E-state index >= 15 is 0 Å². The van der Waals surface area contributed by atoms with Gasteiger partial charge in [-0.3, -0.25) is 9.59 Å². The van der Waals surface area contributed by atoms with Crippen molar-refractivity contribution in [3.05, 3.63) is 46.8 Å². The fourth-order valence-corrected chi connectivity index (χ4v) is 2.44. The van der Waals surface area contributed by atoms with E-state index in [1.165, 1.54) is 0 Å². The normalized spacial score (nSPS) is 14.5. The lowest BCUT2D eigenvalue weighted by Gasteiger charge is -2.37. The molecule has 1 N–H and O–H groups in total. The summed E-state index contributed by atoms with van der Waals surface area (Å²) in [5.74, 6) is 0.0151. The van der Waals surface area contributed by atoms with Crippen LogP contribution in [0, 0.1) is 12.8 Å². The molecule has 2 amide bonds. The third kappa shape index (κ3) is 2.96. The molecule has 2 aromatic rings.